The van der Waals surface area contributed by atoms with Gasteiger partial charge in [-0.15, -0.1) is 0 Å². The molecule has 0 bridgehead atoms. The average molecular weight is 486 g/mol. The van der Waals surface area contributed by atoms with E-state index in [9.17, 15) is 19.1 Å². The van der Waals surface area contributed by atoms with Crippen molar-refractivity contribution in [3.05, 3.63) is 66.0 Å². The van der Waals surface area contributed by atoms with Gasteiger partial charge in [0.25, 0.3) is 0 Å². The lowest BCUT2D eigenvalue weighted by Crippen LogP contribution is -2.58. The summed E-state index contributed by atoms with van der Waals surface area (Å²) in [5, 5.41) is 16.0. The molecule has 3 amide bonds. The summed E-state index contributed by atoms with van der Waals surface area (Å²) in [6, 6.07) is 14.5. The Morgan fingerprint density at radius 2 is 1.94 bits per heavy atom. The van der Waals surface area contributed by atoms with Crippen molar-refractivity contribution in [3.8, 4) is 0 Å². The average Bonchev–Trinajstić information content (AvgIpc) is 2.82. The zero-order valence-electron chi connectivity index (χ0n) is 19.7. The van der Waals surface area contributed by atoms with E-state index in [2.05, 4.69) is 10.6 Å². The number of ether oxygens (including phenoxy) is 2. The third-order valence-corrected chi connectivity index (χ3v) is 6.41. The van der Waals surface area contributed by atoms with Gasteiger partial charge in [0, 0.05) is 5.69 Å². The summed E-state index contributed by atoms with van der Waals surface area (Å²) in [5.74, 6) is -0.557. The lowest BCUT2D eigenvalue weighted by atomic mass is 9.94. The maximum Gasteiger partial charge on any atom is 0.322 e. The van der Waals surface area contributed by atoms with Gasteiger partial charge in [-0.2, -0.15) is 0 Å². The molecule has 188 valence electrons. The number of nitrogens with zero attached hydrogens (tertiary/aromatic N) is 1. The molecule has 0 spiro atoms. The Balaban J connectivity index is 1.38. The number of halogens is 1. The predicted octanol–water partition coefficient (Wildman–Crippen LogP) is 3.23. The number of amides is 3. The quantitative estimate of drug-likeness (QED) is 0.604. The number of benzene rings is 2. The number of hydrogen-bond donors (Lipinski definition) is 3. The second-order valence-corrected chi connectivity index (χ2v) is 9.13. The van der Waals surface area contributed by atoms with Crippen LogP contribution in [0.3, 0.4) is 0 Å². The molecule has 2 fully saturated rings. The highest BCUT2D eigenvalue weighted by Gasteiger charge is 2.40. The zero-order chi connectivity index (χ0) is 24.8. The normalized spacial score (nSPS) is 25.5. The van der Waals surface area contributed by atoms with Crippen LogP contribution in [0.15, 0.2) is 54.6 Å². The molecule has 5 atom stereocenters. The first-order valence-corrected chi connectivity index (χ1v) is 12.0. The highest BCUT2D eigenvalue weighted by molar-refractivity contribution is 5.89. The molecule has 2 aromatic carbocycles. The first-order valence-electron chi connectivity index (χ1n) is 12.0. The Morgan fingerprint density at radius 1 is 1.14 bits per heavy atom. The van der Waals surface area contributed by atoms with Gasteiger partial charge in [-0.3, -0.25) is 4.79 Å². The van der Waals surface area contributed by atoms with Crippen LogP contribution in [-0.2, 0) is 14.3 Å². The van der Waals surface area contributed by atoms with Crippen molar-refractivity contribution in [2.45, 2.75) is 56.6 Å². The van der Waals surface area contributed by atoms with Gasteiger partial charge >= 0.3 is 6.03 Å². The molecule has 35 heavy (non-hydrogen) atoms. The van der Waals surface area contributed by atoms with Crippen molar-refractivity contribution in [2.75, 3.05) is 25.1 Å². The maximum atomic E-state index is 13.6. The third-order valence-electron chi connectivity index (χ3n) is 6.41. The summed E-state index contributed by atoms with van der Waals surface area (Å²) in [6.45, 7) is 2.26. The minimum absolute atomic E-state index is 0.0609. The van der Waals surface area contributed by atoms with Crippen molar-refractivity contribution in [1.29, 1.82) is 0 Å². The van der Waals surface area contributed by atoms with Gasteiger partial charge in [-0.05, 0) is 43.5 Å². The van der Waals surface area contributed by atoms with Crippen molar-refractivity contribution < 1.29 is 28.6 Å². The Bertz CT molecular complexity index is 1010. The number of rotatable bonds is 5. The molecular weight excluding hydrogens is 453 g/mol. The fraction of sp³-hybridized carbons (Fsp3) is 0.462. The monoisotopic (exact) mass is 485 g/mol. The van der Waals surface area contributed by atoms with E-state index in [4.69, 9.17) is 9.47 Å². The number of fused-ring (bicyclic) bond motifs is 1. The van der Waals surface area contributed by atoms with E-state index >= 15 is 0 Å². The summed E-state index contributed by atoms with van der Waals surface area (Å²) in [6.07, 6.45) is -0.229. The molecule has 9 heteroatoms. The Labute approximate surface area is 204 Å². The topological polar surface area (TPSA) is 100 Å². The Morgan fingerprint density at radius 3 is 2.71 bits per heavy atom. The summed E-state index contributed by atoms with van der Waals surface area (Å²) < 4.78 is 25.4. The summed E-state index contributed by atoms with van der Waals surface area (Å²) >= 11 is 0. The lowest BCUT2D eigenvalue weighted by molar-refractivity contribution is -0.150. The zero-order valence-corrected chi connectivity index (χ0v) is 19.7. The van der Waals surface area contributed by atoms with E-state index in [-0.39, 0.29) is 50.3 Å². The summed E-state index contributed by atoms with van der Waals surface area (Å²) in [7, 11) is 0. The fourth-order valence-electron chi connectivity index (χ4n) is 4.67. The molecule has 2 aliphatic heterocycles. The maximum absolute atomic E-state index is 13.6. The second-order valence-electron chi connectivity index (χ2n) is 9.13. The number of β-amino-alcohol motifs (C(OH)–C–C–N with tert-alkyl or cyclic N) is 1. The van der Waals surface area contributed by atoms with Crippen molar-refractivity contribution >= 4 is 17.6 Å². The van der Waals surface area contributed by atoms with Crippen molar-refractivity contribution in [2.24, 2.45) is 0 Å². The number of carbonyl (C=O) groups excluding carboxylic acids is 2. The molecule has 2 aliphatic rings. The molecule has 2 aromatic rings. The molecule has 0 aromatic heterocycles. The molecule has 2 saturated heterocycles. The van der Waals surface area contributed by atoms with Crippen LogP contribution in [0.5, 0.6) is 0 Å². The van der Waals surface area contributed by atoms with E-state index in [1.807, 2.05) is 37.3 Å². The number of aliphatic hydroxyl groups excluding tert-OH is 1. The van der Waals surface area contributed by atoms with Gasteiger partial charge in [0.05, 0.1) is 50.5 Å². The molecule has 4 rings (SSSR count). The first kappa shape index (κ1) is 25.1. The van der Waals surface area contributed by atoms with Gasteiger partial charge < -0.3 is 30.1 Å². The van der Waals surface area contributed by atoms with Crippen LogP contribution >= 0.6 is 0 Å². The molecule has 0 saturated carbocycles. The van der Waals surface area contributed by atoms with E-state index < -0.39 is 24.1 Å². The number of hydrogen-bond acceptors (Lipinski definition) is 5. The summed E-state index contributed by atoms with van der Waals surface area (Å²) in [4.78, 5) is 27.3. The van der Waals surface area contributed by atoms with E-state index in [1.165, 1.54) is 23.1 Å². The van der Waals surface area contributed by atoms with Crippen LogP contribution in [0, 0.1) is 5.82 Å². The number of carbonyl (C=O) groups is 2. The Hall–Kier alpha value is -3.01. The highest BCUT2D eigenvalue weighted by atomic mass is 19.1. The van der Waals surface area contributed by atoms with Gasteiger partial charge in [-0.25, -0.2) is 9.18 Å². The molecule has 0 aliphatic carbocycles. The molecule has 8 nitrogen and oxygen atoms in total. The second kappa shape index (κ2) is 11.6. The van der Waals surface area contributed by atoms with Gasteiger partial charge in [0.15, 0.2) is 0 Å². The van der Waals surface area contributed by atoms with Crippen LogP contribution in [0.25, 0.3) is 0 Å². The first-order chi connectivity index (χ1) is 16.9. The van der Waals surface area contributed by atoms with Crippen LogP contribution in [0.2, 0.25) is 0 Å². The lowest BCUT2D eigenvalue weighted by Gasteiger charge is -2.44. The van der Waals surface area contributed by atoms with Crippen LogP contribution in [0.1, 0.15) is 37.8 Å². The van der Waals surface area contributed by atoms with Gasteiger partial charge in [-0.1, -0.05) is 36.4 Å². The largest absolute Gasteiger partial charge is 0.389 e. The van der Waals surface area contributed by atoms with E-state index in [0.29, 0.717) is 18.5 Å². The number of urea groups is 1. The molecular formula is C26H32FN3O5. The third kappa shape index (κ3) is 6.78. The standard InChI is InChI=1S/C26H32FN3O5/c1-17(18-6-3-2-4-7-18)28-25(32)13-22-10-11-23-24(35-22)16-34-15-21(31)14-30(23)26(33)29-20-9-5-8-19(27)12-20/h2-9,12,17,21-24,31H,10-11,13-16H2,1H3,(H,28,32)(H,29,33)/t17-,21-,22-,23+,24-/m1/s1. The fourth-order valence-corrected chi connectivity index (χ4v) is 4.67. The molecule has 3 N–H and O–H groups in total. The van der Waals surface area contributed by atoms with Crippen LogP contribution in [0.4, 0.5) is 14.9 Å². The SMILES string of the molecule is C[C@@H](NC(=O)C[C@H]1CC[C@H]2[C@@H](COC[C@H](O)CN2C(=O)Nc2cccc(F)c2)O1)c1ccccc1. The molecule has 2 heterocycles. The van der Waals surface area contributed by atoms with E-state index in [1.54, 1.807) is 6.07 Å². The highest BCUT2D eigenvalue weighted by Crippen LogP contribution is 2.28. The number of aliphatic hydroxyl groups is 1. The number of anilines is 1. The number of nitrogens with one attached hydrogen (secondary N) is 2. The van der Waals surface area contributed by atoms with Crippen LogP contribution < -0.4 is 10.6 Å². The van der Waals surface area contributed by atoms with Crippen LogP contribution in [-0.4, -0.2) is 66.1 Å². The molecule has 0 unspecified atom stereocenters. The van der Waals surface area contributed by atoms with Crippen molar-refractivity contribution in [1.82, 2.24) is 10.2 Å². The van der Waals surface area contributed by atoms with Crippen molar-refractivity contribution in [3.63, 3.8) is 0 Å². The van der Waals surface area contributed by atoms with Gasteiger partial charge in [0.2, 0.25) is 5.91 Å². The minimum Gasteiger partial charge on any atom is -0.389 e. The molecule has 0 radical (unpaired) electrons. The van der Waals surface area contributed by atoms with E-state index in [0.717, 1.165) is 5.56 Å². The smallest absolute Gasteiger partial charge is 0.322 e. The predicted molar refractivity (Wildman–Crippen MR) is 128 cm³/mol. The van der Waals surface area contributed by atoms with Gasteiger partial charge in [0.1, 0.15) is 11.9 Å². The summed E-state index contributed by atoms with van der Waals surface area (Å²) in [5.41, 5.74) is 1.36. The minimum atomic E-state index is -0.850. The Kier molecular flexibility index (Phi) is 8.33.